The lowest BCUT2D eigenvalue weighted by Gasteiger charge is -2.08. The van der Waals surface area contributed by atoms with E-state index in [0.717, 1.165) is 5.56 Å². The Bertz CT molecular complexity index is 959. The Kier molecular flexibility index (Phi) is 4.57. The van der Waals surface area contributed by atoms with Gasteiger partial charge in [0.25, 0.3) is 5.91 Å². The maximum atomic E-state index is 12.9. The third-order valence-corrected chi connectivity index (χ3v) is 4.04. The molecular weight excluding hydrogens is 349 g/mol. The van der Waals surface area contributed by atoms with E-state index in [1.54, 1.807) is 48.7 Å². The van der Waals surface area contributed by atoms with Gasteiger partial charge in [-0.15, -0.1) is 0 Å². The summed E-state index contributed by atoms with van der Waals surface area (Å²) in [4.78, 5) is 16.6. The Balaban J connectivity index is 1.36. The molecule has 6 nitrogen and oxygen atoms in total. The van der Waals surface area contributed by atoms with Crippen LogP contribution in [-0.2, 0) is 6.54 Å². The SMILES string of the molecule is O=C(Nc1ccc(NCc2ccc(F)cc2)nc1)c1ccc2c(c1)OCO2. The Labute approximate surface area is 155 Å². The van der Waals surface area contributed by atoms with Crippen molar-refractivity contribution in [1.82, 2.24) is 4.98 Å². The molecule has 0 fully saturated rings. The normalized spacial score (nSPS) is 11.9. The minimum atomic E-state index is -0.264. The zero-order valence-corrected chi connectivity index (χ0v) is 14.2. The third kappa shape index (κ3) is 3.98. The van der Waals surface area contributed by atoms with Gasteiger partial charge < -0.3 is 20.1 Å². The Morgan fingerprint density at radius 3 is 2.63 bits per heavy atom. The number of aromatic nitrogens is 1. The first-order chi connectivity index (χ1) is 13.2. The molecule has 2 N–H and O–H groups in total. The van der Waals surface area contributed by atoms with Gasteiger partial charge in [-0.2, -0.15) is 0 Å². The predicted octanol–water partition coefficient (Wildman–Crippen LogP) is 3.81. The van der Waals surface area contributed by atoms with Gasteiger partial charge in [0.1, 0.15) is 11.6 Å². The zero-order valence-electron chi connectivity index (χ0n) is 14.2. The maximum absolute atomic E-state index is 12.9. The van der Waals surface area contributed by atoms with E-state index in [4.69, 9.17) is 9.47 Å². The van der Waals surface area contributed by atoms with Crippen LogP contribution in [0.3, 0.4) is 0 Å². The van der Waals surface area contributed by atoms with Crippen LogP contribution in [0.5, 0.6) is 11.5 Å². The van der Waals surface area contributed by atoms with Gasteiger partial charge in [0, 0.05) is 12.1 Å². The fourth-order valence-corrected chi connectivity index (χ4v) is 2.61. The summed E-state index contributed by atoms with van der Waals surface area (Å²) in [6, 6.07) is 14.8. The molecule has 1 amide bonds. The molecule has 2 heterocycles. The van der Waals surface area contributed by atoms with E-state index >= 15 is 0 Å². The first-order valence-electron chi connectivity index (χ1n) is 8.33. The fourth-order valence-electron chi connectivity index (χ4n) is 2.61. The molecule has 7 heteroatoms. The summed E-state index contributed by atoms with van der Waals surface area (Å²) in [5.41, 5.74) is 1.99. The molecule has 2 aromatic carbocycles. The van der Waals surface area contributed by atoms with Crippen LogP contribution in [0.15, 0.2) is 60.8 Å². The Hall–Kier alpha value is -3.61. The summed E-state index contributed by atoms with van der Waals surface area (Å²) in [5.74, 6) is 1.31. The van der Waals surface area contributed by atoms with Gasteiger partial charge in [-0.05, 0) is 48.0 Å². The highest BCUT2D eigenvalue weighted by molar-refractivity contribution is 6.04. The molecule has 0 bridgehead atoms. The molecular formula is C20H16FN3O3. The monoisotopic (exact) mass is 365 g/mol. The standard InChI is InChI=1S/C20H16FN3O3/c21-15-4-1-13(2-5-15)10-22-19-8-6-16(11-23-19)24-20(25)14-3-7-17-18(9-14)27-12-26-17/h1-9,11H,10,12H2,(H,22,23)(H,24,25). The van der Waals surface area contributed by atoms with Crippen molar-refractivity contribution >= 4 is 17.4 Å². The van der Waals surface area contributed by atoms with Crippen molar-refractivity contribution in [2.45, 2.75) is 6.54 Å². The van der Waals surface area contributed by atoms with Crippen molar-refractivity contribution in [2.75, 3.05) is 17.4 Å². The van der Waals surface area contributed by atoms with Crippen molar-refractivity contribution in [3.8, 4) is 11.5 Å². The van der Waals surface area contributed by atoms with Crippen LogP contribution in [0.25, 0.3) is 0 Å². The molecule has 0 aliphatic carbocycles. The lowest BCUT2D eigenvalue weighted by molar-refractivity contribution is 0.102. The molecule has 0 spiro atoms. The number of ether oxygens (including phenoxy) is 2. The van der Waals surface area contributed by atoms with E-state index in [1.165, 1.54) is 12.1 Å². The minimum absolute atomic E-state index is 0.163. The van der Waals surface area contributed by atoms with Crippen molar-refractivity contribution < 1.29 is 18.7 Å². The molecule has 1 aliphatic heterocycles. The maximum Gasteiger partial charge on any atom is 0.255 e. The highest BCUT2D eigenvalue weighted by atomic mass is 19.1. The topological polar surface area (TPSA) is 72.5 Å². The number of fused-ring (bicyclic) bond motifs is 1. The number of hydrogen-bond acceptors (Lipinski definition) is 5. The molecule has 27 heavy (non-hydrogen) atoms. The molecule has 1 aromatic heterocycles. The molecule has 0 radical (unpaired) electrons. The van der Waals surface area contributed by atoms with Crippen LogP contribution in [0.1, 0.15) is 15.9 Å². The summed E-state index contributed by atoms with van der Waals surface area (Å²) in [7, 11) is 0. The molecule has 0 unspecified atom stereocenters. The number of amides is 1. The molecule has 136 valence electrons. The van der Waals surface area contributed by atoms with E-state index in [1.807, 2.05) is 0 Å². The highest BCUT2D eigenvalue weighted by Gasteiger charge is 2.16. The van der Waals surface area contributed by atoms with Gasteiger partial charge in [-0.3, -0.25) is 4.79 Å². The first kappa shape index (κ1) is 16.8. The summed E-state index contributed by atoms with van der Waals surface area (Å²) >= 11 is 0. The van der Waals surface area contributed by atoms with E-state index in [0.29, 0.717) is 35.1 Å². The lowest BCUT2D eigenvalue weighted by atomic mass is 10.2. The Morgan fingerprint density at radius 1 is 1.04 bits per heavy atom. The van der Waals surface area contributed by atoms with Crippen molar-refractivity contribution in [3.63, 3.8) is 0 Å². The van der Waals surface area contributed by atoms with Crippen LogP contribution >= 0.6 is 0 Å². The number of rotatable bonds is 5. The molecule has 0 saturated heterocycles. The Morgan fingerprint density at radius 2 is 1.85 bits per heavy atom. The number of hydrogen-bond donors (Lipinski definition) is 2. The lowest BCUT2D eigenvalue weighted by Crippen LogP contribution is -2.12. The third-order valence-electron chi connectivity index (χ3n) is 4.04. The minimum Gasteiger partial charge on any atom is -0.454 e. The van der Waals surface area contributed by atoms with Gasteiger partial charge in [-0.25, -0.2) is 9.37 Å². The number of carbonyl (C=O) groups is 1. The van der Waals surface area contributed by atoms with Gasteiger partial charge in [0.15, 0.2) is 11.5 Å². The number of pyridine rings is 1. The highest BCUT2D eigenvalue weighted by Crippen LogP contribution is 2.32. The van der Waals surface area contributed by atoms with Crippen LogP contribution < -0.4 is 20.1 Å². The van der Waals surface area contributed by atoms with E-state index in [9.17, 15) is 9.18 Å². The van der Waals surface area contributed by atoms with Gasteiger partial charge >= 0.3 is 0 Å². The van der Waals surface area contributed by atoms with Gasteiger partial charge in [0.2, 0.25) is 6.79 Å². The smallest absolute Gasteiger partial charge is 0.255 e. The van der Waals surface area contributed by atoms with Crippen LogP contribution in [0.2, 0.25) is 0 Å². The van der Waals surface area contributed by atoms with Crippen molar-refractivity contribution in [2.24, 2.45) is 0 Å². The van der Waals surface area contributed by atoms with Gasteiger partial charge in [0.05, 0.1) is 11.9 Å². The number of nitrogens with zero attached hydrogens (tertiary/aromatic N) is 1. The number of nitrogens with one attached hydrogen (secondary N) is 2. The second kappa shape index (κ2) is 7.33. The molecule has 4 rings (SSSR count). The van der Waals surface area contributed by atoms with E-state index < -0.39 is 0 Å². The average molecular weight is 365 g/mol. The predicted molar refractivity (Wildman–Crippen MR) is 98.5 cm³/mol. The van der Waals surface area contributed by atoms with Crippen molar-refractivity contribution in [1.29, 1.82) is 0 Å². The summed E-state index contributed by atoms with van der Waals surface area (Å²) in [6.07, 6.45) is 1.57. The second-order valence-electron chi connectivity index (χ2n) is 5.93. The second-order valence-corrected chi connectivity index (χ2v) is 5.93. The number of benzene rings is 2. The molecule has 3 aromatic rings. The zero-order chi connectivity index (χ0) is 18.6. The summed E-state index contributed by atoms with van der Waals surface area (Å²) in [5, 5.41) is 5.93. The quantitative estimate of drug-likeness (QED) is 0.719. The molecule has 1 aliphatic rings. The number of halogens is 1. The summed E-state index contributed by atoms with van der Waals surface area (Å²) in [6.45, 7) is 0.687. The molecule has 0 saturated carbocycles. The summed E-state index contributed by atoms with van der Waals surface area (Å²) < 4.78 is 23.4. The van der Waals surface area contributed by atoms with Crippen LogP contribution in [0, 0.1) is 5.82 Å². The van der Waals surface area contributed by atoms with Crippen molar-refractivity contribution in [3.05, 3.63) is 77.7 Å². The van der Waals surface area contributed by atoms with E-state index in [2.05, 4.69) is 15.6 Å². The number of anilines is 2. The number of carbonyl (C=O) groups excluding carboxylic acids is 1. The van der Waals surface area contributed by atoms with Crippen LogP contribution in [-0.4, -0.2) is 17.7 Å². The largest absolute Gasteiger partial charge is 0.454 e. The first-order valence-corrected chi connectivity index (χ1v) is 8.33. The van der Waals surface area contributed by atoms with E-state index in [-0.39, 0.29) is 18.5 Å². The van der Waals surface area contributed by atoms with Gasteiger partial charge in [-0.1, -0.05) is 12.1 Å². The fraction of sp³-hybridized carbons (Fsp3) is 0.100. The average Bonchev–Trinajstić information content (AvgIpc) is 3.16. The van der Waals surface area contributed by atoms with Crippen LogP contribution in [0.4, 0.5) is 15.9 Å². The molecule has 0 atom stereocenters.